The number of amides is 2. The van der Waals surface area contributed by atoms with Gasteiger partial charge in [0.05, 0.1) is 26.7 Å². The lowest BCUT2D eigenvalue weighted by atomic mass is 10.2. The molecule has 1 unspecified atom stereocenters. The summed E-state index contributed by atoms with van der Waals surface area (Å²) in [5.74, 6) is 0. The zero-order valence-electron chi connectivity index (χ0n) is 16.7. The zero-order chi connectivity index (χ0) is 18.3. The van der Waals surface area contributed by atoms with Crippen molar-refractivity contribution in [2.24, 2.45) is 0 Å². The third-order valence-corrected chi connectivity index (χ3v) is 4.12. The molecule has 0 bridgehead atoms. The lowest BCUT2D eigenvalue weighted by molar-refractivity contribution is -0.910. The van der Waals surface area contributed by atoms with Crippen LogP contribution in [0.1, 0.15) is 39.5 Å². The number of carbonyl (C=O) groups excluding carboxylic acids is 1. The molecule has 1 atom stereocenters. The Balaban J connectivity index is 3.83. The second-order valence-corrected chi connectivity index (χ2v) is 7.10. The van der Waals surface area contributed by atoms with Gasteiger partial charge in [0.15, 0.2) is 0 Å². The molecule has 144 valence electrons. The minimum atomic E-state index is -0.0512. The van der Waals surface area contributed by atoms with Crippen LogP contribution in [0.25, 0.3) is 0 Å². The fraction of sp³-hybridized carbons (Fsp3) is 0.944. The molecular formula is C18H41N4O2+. The van der Waals surface area contributed by atoms with Crippen LogP contribution in [0.3, 0.4) is 0 Å². The van der Waals surface area contributed by atoms with E-state index in [0.29, 0.717) is 0 Å². The van der Waals surface area contributed by atoms with E-state index in [0.717, 1.165) is 76.2 Å². The zero-order valence-corrected chi connectivity index (χ0v) is 16.7. The fourth-order valence-electron chi connectivity index (χ4n) is 2.73. The van der Waals surface area contributed by atoms with Crippen molar-refractivity contribution < 1.29 is 14.0 Å². The van der Waals surface area contributed by atoms with Gasteiger partial charge in [-0.15, -0.1) is 0 Å². The summed E-state index contributed by atoms with van der Waals surface area (Å²) in [5, 5.41) is 5.86. The monoisotopic (exact) mass is 345 g/mol. The van der Waals surface area contributed by atoms with Crippen molar-refractivity contribution in [2.45, 2.75) is 39.5 Å². The van der Waals surface area contributed by atoms with Crippen LogP contribution < -0.4 is 10.6 Å². The number of ether oxygens (including phenoxy) is 1. The van der Waals surface area contributed by atoms with E-state index in [-0.39, 0.29) is 6.03 Å². The largest absolute Gasteiger partial charge is 0.376 e. The highest BCUT2D eigenvalue weighted by Gasteiger charge is 2.19. The molecule has 6 nitrogen and oxygen atoms in total. The first-order chi connectivity index (χ1) is 11.4. The third kappa shape index (κ3) is 13.6. The Morgan fingerprint density at radius 3 is 2.21 bits per heavy atom. The molecule has 0 radical (unpaired) electrons. The van der Waals surface area contributed by atoms with Crippen LogP contribution in [-0.2, 0) is 4.74 Å². The van der Waals surface area contributed by atoms with E-state index < -0.39 is 0 Å². The molecular weight excluding hydrogens is 304 g/mol. The van der Waals surface area contributed by atoms with Gasteiger partial charge in [-0.1, -0.05) is 13.8 Å². The summed E-state index contributed by atoms with van der Waals surface area (Å²) in [6, 6.07) is -0.0512. The van der Waals surface area contributed by atoms with Crippen molar-refractivity contribution in [1.29, 1.82) is 0 Å². The topological polar surface area (TPSA) is 53.6 Å². The van der Waals surface area contributed by atoms with Crippen LogP contribution in [0, 0.1) is 0 Å². The van der Waals surface area contributed by atoms with Gasteiger partial charge >= 0.3 is 6.03 Å². The number of nitrogens with one attached hydrogen (secondary N) is 2. The summed E-state index contributed by atoms with van der Waals surface area (Å²) in [6.07, 6.45) is 4.22. The van der Waals surface area contributed by atoms with E-state index in [4.69, 9.17) is 4.74 Å². The summed E-state index contributed by atoms with van der Waals surface area (Å²) < 4.78 is 6.66. The highest BCUT2D eigenvalue weighted by molar-refractivity contribution is 5.73. The molecule has 6 heteroatoms. The van der Waals surface area contributed by atoms with Crippen LogP contribution in [0.5, 0.6) is 0 Å². The smallest absolute Gasteiger partial charge is 0.314 e. The second-order valence-electron chi connectivity index (χ2n) is 7.10. The molecule has 0 aliphatic carbocycles. The van der Waals surface area contributed by atoms with Crippen LogP contribution in [-0.4, -0.2) is 89.0 Å². The number of nitrogens with zero attached hydrogens (tertiary/aromatic N) is 2. The predicted molar refractivity (Wildman–Crippen MR) is 101 cm³/mol. The standard InChI is InChI=1S/C18H40N4O2/c1-6-13-22(5,15-17-24-16-7-2)14-9-11-20-18(23)19-10-8-12-21(3)4/h6-17H2,1-5H3,(H-,19,20,23)/p+1. The van der Waals surface area contributed by atoms with Crippen molar-refractivity contribution in [3.8, 4) is 0 Å². The molecule has 0 rings (SSSR count). The lowest BCUT2D eigenvalue weighted by Gasteiger charge is -2.34. The maximum Gasteiger partial charge on any atom is 0.314 e. The minimum Gasteiger partial charge on any atom is -0.376 e. The Hall–Kier alpha value is -0.850. The molecule has 0 saturated heterocycles. The first-order valence-electron chi connectivity index (χ1n) is 9.51. The van der Waals surface area contributed by atoms with Gasteiger partial charge in [-0.2, -0.15) is 0 Å². The molecule has 0 heterocycles. The molecule has 24 heavy (non-hydrogen) atoms. The number of hydrogen-bond acceptors (Lipinski definition) is 3. The van der Waals surface area contributed by atoms with E-state index in [1.165, 1.54) is 6.42 Å². The van der Waals surface area contributed by atoms with Crippen LogP contribution in [0.4, 0.5) is 4.79 Å². The van der Waals surface area contributed by atoms with Gasteiger partial charge in [-0.3, -0.25) is 0 Å². The molecule has 0 aliphatic heterocycles. The maximum absolute atomic E-state index is 11.7. The Morgan fingerprint density at radius 1 is 0.958 bits per heavy atom. The SMILES string of the molecule is CCCOCC[N+](C)(CCC)CCCNC(=O)NCCCN(C)C. The molecule has 0 aliphatic rings. The normalized spacial score (nSPS) is 13.8. The van der Waals surface area contributed by atoms with Crippen molar-refractivity contribution in [2.75, 3.05) is 73.6 Å². The number of likely N-dealkylation sites (N-methyl/N-ethyl adjacent to an activating group) is 1. The Kier molecular flexibility index (Phi) is 14.0. The van der Waals surface area contributed by atoms with Crippen LogP contribution >= 0.6 is 0 Å². The first-order valence-corrected chi connectivity index (χ1v) is 9.51. The van der Waals surface area contributed by atoms with Crippen molar-refractivity contribution in [1.82, 2.24) is 15.5 Å². The summed E-state index contributed by atoms with van der Waals surface area (Å²) in [4.78, 5) is 13.8. The maximum atomic E-state index is 11.7. The summed E-state index contributed by atoms with van der Waals surface area (Å²) in [5.41, 5.74) is 0. The Morgan fingerprint density at radius 2 is 1.62 bits per heavy atom. The fourth-order valence-corrected chi connectivity index (χ4v) is 2.73. The second kappa shape index (κ2) is 14.5. The van der Waals surface area contributed by atoms with Gasteiger partial charge in [0.1, 0.15) is 6.54 Å². The summed E-state index contributed by atoms with van der Waals surface area (Å²) in [6.45, 7) is 11.8. The number of urea groups is 1. The van der Waals surface area contributed by atoms with Gasteiger partial charge in [0, 0.05) is 26.1 Å². The Bertz CT molecular complexity index is 313. The van der Waals surface area contributed by atoms with E-state index in [1.54, 1.807) is 0 Å². The van der Waals surface area contributed by atoms with Crippen molar-refractivity contribution >= 4 is 6.03 Å². The molecule has 2 N–H and O–H groups in total. The van der Waals surface area contributed by atoms with Crippen molar-refractivity contribution in [3.05, 3.63) is 0 Å². The van der Waals surface area contributed by atoms with Gasteiger partial charge in [-0.05, 0) is 39.9 Å². The van der Waals surface area contributed by atoms with E-state index in [1.807, 2.05) is 14.1 Å². The number of quaternary nitrogens is 1. The number of hydrogen-bond donors (Lipinski definition) is 2. The van der Waals surface area contributed by atoms with Crippen LogP contribution in [0.15, 0.2) is 0 Å². The molecule has 0 fully saturated rings. The third-order valence-electron chi connectivity index (χ3n) is 4.12. The molecule has 0 aromatic carbocycles. The highest BCUT2D eigenvalue weighted by atomic mass is 16.5. The van der Waals surface area contributed by atoms with Gasteiger partial charge in [0.25, 0.3) is 0 Å². The molecule has 0 aromatic heterocycles. The molecule has 0 spiro atoms. The van der Waals surface area contributed by atoms with E-state index in [2.05, 4.69) is 36.4 Å². The summed E-state index contributed by atoms with van der Waals surface area (Å²) >= 11 is 0. The average Bonchev–Trinajstić information content (AvgIpc) is 2.53. The minimum absolute atomic E-state index is 0.0512. The van der Waals surface area contributed by atoms with Crippen molar-refractivity contribution in [3.63, 3.8) is 0 Å². The molecule has 0 saturated carbocycles. The predicted octanol–water partition coefficient (Wildman–Crippen LogP) is 1.91. The quantitative estimate of drug-likeness (QED) is 0.352. The summed E-state index contributed by atoms with van der Waals surface area (Å²) in [7, 11) is 6.37. The molecule has 0 aromatic rings. The van der Waals surface area contributed by atoms with Gasteiger partial charge in [0.2, 0.25) is 0 Å². The van der Waals surface area contributed by atoms with Gasteiger partial charge in [-0.25, -0.2) is 4.79 Å². The average molecular weight is 346 g/mol. The van der Waals surface area contributed by atoms with E-state index in [9.17, 15) is 4.79 Å². The lowest BCUT2D eigenvalue weighted by Crippen LogP contribution is -2.48. The first kappa shape index (κ1) is 23.1. The Labute approximate surface area is 149 Å². The highest BCUT2D eigenvalue weighted by Crippen LogP contribution is 2.06. The number of rotatable bonds is 15. The van der Waals surface area contributed by atoms with Gasteiger partial charge < -0.3 is 24.8 Å². The van der Waals surface area contributed by atoms with E-state index >= 15 is 0 Å². The number of carbonyl (C=O) groups is 1. The molecule has 2 amide bonds. The van der Waals surface area contributed by atoms with Crippen LogP contribution in [0.2, 0.25) is 0 Å².